The molecular formula is C20H26F2N2O6. The van der Waals surface area contributed by atoms with Gasteiger partial charge >= 0.3 is 12.1 Å². The van der Waals surface area contributed by atoms with Crippen LogP contribution in [0.1, 0.15) is 44.0 Å². The molecule has 1 aliphatic heterocycles. The predicted molar refractivity (Wildman–Crippen MR) is 104 cm³/mol. The van der Waals surface area contributed by atoms with Crippen molar-refractivity contribution in [1.82, 2.24) is 5.32 Å². The first-order valence-electron chi connectivity index (χ1n) is 9.57. The molecule has 2 rings (SSSR count). The number of amides is 1. The maximum absolute atomic E-state index is 15.0. The van der Waals surface area contributed by atoms with Gasteiger partial charge in [-0.2, -0.15) is 0 Å². The van der Waals surface area contributed by atoms with E-state index >= 15 is 8.78 Å². The van der Waals surface area contributed by atoms with Crippen molar-refractivity contribution in [2.75, 3.05) is 31.7 Å². The molecule has 0 aliphatic carbocycles. The number of carbonyl (C=O) groups is 3. The number of halogens is 2. The van der Waals surface area contributed by atoms with Crippen LogP contribution in [0.25, 0.3) is 0 Å². The summed E-state index contributed by atoms with van der Waals surface area (Å²) in [6.07, 6.45) is -1.34. The maximum Gasteiger partial charge on any atom is 0.404 e. The lowest BCUT2D eigenvalue weighted by molar-refractivity contribution is -0.141. The van der Waals surface area contributed by atoms with Gasteiger partial charge in [0.25, 0.3) is 0 Å². The fourth-order valence-electron chi connectivity index (χ4n) is 3.66. The molecule has 1 aromatic carbocycles. The normalized spacial score (nSPS) is 20.7. The highest BCUT2D eigenvalue weighted by molar-refractivity contribution is 6.06. The number of Topliss-reactive ketones (excluding diaryl/α,β-unsaturated/α-hetero) is 1. The standard InChI is InChI=1S/C20H26F2N2O6/c1-5-20(3)10-24(9-14(20)23-19(27)28)17-12(21)7-11(16(22)18(17)29-4)13(25)8-15(26)30-6-2/h7,14,23H,5-6,8-10H2,1-4H3,(H,27,28). The smallest absolute Gasteiger partial charge is 0.404 e. The zero-order valence-electron chi connectivity index (χ0n) is 17.4. The van der Waals surface area contributed by atoms with E-state index in [-0.39, 0.29) is 25.4 Å². The monoisotopic (exact) mass is 428 g/mol. The minimum Gasteiger partial charge on any atom is -0.491 e. The van der Waals surface area contributed by atoms with Gasteiger partial charge in [-0.25, -0.2) is 13.6 Å². The summed E-state index contributed by atoms with van der Waals surface area (Å²) < 4.78 is 39.8. The van der Waals surface area contributed by atoms with E-state index in [1.165, 1.54) is 4.90 Å². The Bertz CT molecular complexity index is 847. The number of ketones is 1. The minimum absolute atomic E-state index is 0.0575. The number of nitrogens with one attached hydrogen (secondary N) is 1. The fraction of sp³-hybridized carbons (Fsp3) is 0.550. The number of esters is 1. The molecule has 1 saturated heterocycles. The van der Waals surface area contributed by atoms with Gasteiger partial charge in [0, 0.05) is 18.5 Å². The van der Waals surface area contributed by atoms with Crippen LogP contribution in [-0.2, 0) is 9.53 Å². The second kappa shape index (κ2) is 9.27. The summed E-state index contributed by atoms with van der Waals surface area (Å²) in [5.74, 6) is -4.24. The predicted octanol–water partition coefficient (Wildman–Crippen LogP) is 2.98. The highest BCUT2D eigenvalue weighted by Crippen LogP contribution is 2.43. The Morgan fingerprint density at radius 2 is 2.00 bits per heavy atom. The Kier molecular flexibility index (Phi) is 7.22. The van der Waals surface area contributed by atoms with Crippen LogP contribution in [0.4, 0.5) is 19.3 Å². The van der Waals surface area contributed by atoms with Gasteiger partial charge in [0.1, 0.15) is 12.1 Å². The fourth-order valence-corrected chi connectivity index (χ4v) is 3.66. The molecule has 10 heteroatoms. The average molecular weight is 428 g/mol. The average Bonchev–Trinajstić information content (AvgIpc) is 2.98. The molecule has 1 fully saturated rings. The van der Waals surface area contributed by atoms with Crippen LogP contribution in [0.2, 0.25) is 0 Å². The molecule has 1 aliphatic rings. The van der Waals surface area contributed by atoms with E-state index in [1.54, 1.807) is 6.92 Å². The third kappa shape index (κ3) is 4.63. The van der Waals surface area contributed by atoms with Crippen molar-refractivity contribution in [1.29, 1.82) is 0 Å². The first kappa shape index (κ1) is 23.4. The van der Waals surface area contributed by atoms with Gasteiger partial charge in [0.2, 0.25) is 0 Å². The number of benzene rings is 1. The minimum atomic E-state index is -1.21. The van der Waals surface area contributed by atoms with Crippen LogP contribution in [0.15, 0.2) is 6.07 Å². The number of hydrogen-bond donors (Lipinski definition) is 2. The van der Waals surface area contributed by atoms with E-state index in [2.05, 4.69) is 10.1 Å². The van der Waals surface area contributed by atoms with Gasteiger partial charge in [-0.1, -0.05) is 13.8 Å². The summed E-state index contributed by atoms with van der Waals surface area (Å²) in [6, 6.07) is 0.216. The molecule has 166 valence electrons. The topological polar surface area (TPSA) is 105 Å². The van der Waals surface area contributed by atoms with Crippen LogP contribution in [0, 0.1) is 17.0 Å². The number of anilines is 1. The number of carbonyl (C=O) groups excluding carboxylic acids is 2. The van der Waals surface area contributed by atoms with Crippen LogP contribution in [0.5, 0.6) is 5.75 Å². The molecule has 1 heterocycles. The molecule has 0 radical (unpaired) electrons. The van der Waals surface area contributed by atoms with Crippen molar-refractivity contribution in [3.63, 3.8) is 0 Å². The highest BCUT2D eigenvalue weighted by atomic mass is 19.1. The van der Waals surface area contributed by atoms with Crippen LogP contribution in [-0.4, -0.2) is 55.8 Å². The summed E-state index contributed by atoms with van der Waals surface area (Å²) in [6.45, 7) is 5.70. The zero-order chi connectivity index (χ0) is 22.6. The van der Waals surface area contributed by atoms with Crippen molar-refractivity contribution >= 4 is 23.5 Å². The van der Waals surface area contributed by atoms with Crippen molar-refractivity contribution in [2.24, 2.45) is 5.41 Å². The van der Waals surface area contributed by atoms with Crippen molar-refractivity contribution in [3.8, 4) is 5.75 Å². The quantitative estimate of drug-likeness (QED) is 0.373. The lowest BCUT2D eigenvalue weighted by atomic mass is 9.83. The Morgan fingerprint density at radius 1 is 1.33 bits per heavy atom. The van der Waals surface area contributed by atoms with Gasteiger partial charge in [0.15, 0.2) is 23.2 Å². The van der Waals surface area contributed by atoms with Crippen LogP contribution in [0.3, 0.4) is 0 Å². The number of hydrogen-bond acceptors (Lipinski definition) is 6. The zero-order valence-corrected chi connectivity index (χ0v) is 17.4. The summed E-state index contributed by atoms with van der Waals surface area (Å²) in [4.78, 5) is 36.4. The second-order valence-corrected chi connectivity index (χ2v) is 7.40. The van der Waals surface area contributed by atoms with Gasteiger partial charge < -0.3 is 24.8 Å². The van der Waals surface area contributed by atoms with E-state index < -0.39 is 58.7 Å². The molecular weight excluding hydrogens is 402 g/mol. The molecule has 0 bridgehead atoms. The molecule has 8 nitrogen and oxygen atoms in total. The van der Waals surface area contributed by atoms with Crippen molar-refractivity contribution in [2.45, 2.75) is 39.7 Å². The Labute approximate surface area is 173 Å². The Hall–Kier alpha value is -2.91. The molecule has 1 amide bonds. The molecule has 0 aromatic heterocycles. The third-order valence-corrected chi connectivity index (χ3v) is 5.48. The number of rotatable bonds is 8. The number of carboxylic acid groups (broad SMARTS) is 1. The molecule has 0 spiro atoms. The Balaban J connectivity index is 2.43. The van der Waals surface area contributed by atoms with Crippen LogP contribution >= 0.6 is 0 Å². The summed E-state index contributed by atoms with van der Waals surface area (Å²) in [5.41, 5.74) is -1.33. The van der Waals surface area contributed by atoms with Gasteiger partial charge in [-0.3, -0.25) is 9.59 Å². The molecule has 2 N–H and O–H groups in total. The summed E-state index contributed by atoms with van der Waals surface area (Å²) >= 11 is 0. The number of methoxy groups -OCH3 is 1. The lowest BCUT2D eigenvalue weighted by Crippen LogP contribution is -2.44. The Morgan fingerprint density at radius 3 is 2.53 bits per heavy atom. The number of ether oxygens (including phenoxy) is 2. The van der Waals surface area contributed by atoms with Gasteiger partial charge in [-0.15, -0.1) is 0 Å². The SMILES string of the molecule is CCOC(=O)CC(=O)c1cc(F)c(N2CC(NC(=O)O)C(C)(CC)C2)c(OC)c1F. The lowest BCUT2D eigenvalue weighted by Gasteiger charge is -2.28. The van der Waals surface area contributed by atoms with E-state index in [9.17, 15) is 14.4 Å². The van der Waals surface area contributed by atoms with E-state index in [0.29, 0.717) is 6.42 Å². The first-order chi connectivity index (χ1) is 14.1. The second-order valence-electron chi connectivity index (χ2n) is 7.40. The van der Waals surface area contributed by atoms with E-state index in [4.69, 9.17) is 9.84 Å². The largest absolute Gasteiger partial charge is 0.491 e. The molecule has 2 atom stereocenters. The molecule has 30 heavy (non-hydrogen) atoms. The number of nitrogens with zero attached hydrogens (tertiary/aromatic N) is 1. The third-order valence-electron chi connectivity index (χ3n) is 5.48. The highest BCUT2D eigenvalue weighted by Gasteiger charge is 2.44. The molecule has 2 unspecified atom stereocenters. The van der Waals surface area contributed by atoms with E-state index in [1.807, 2.05) is 13.8 Å². The van der Waals surface area contributed by atoms with Gasteiger partial charge in [0.05, 0.1) is 25.3 Å². The van der Waals surface area contributed by atoms with Crippen molar-refractivity contribution < 1.29 is 37.7 Å². The summed E-state index contributed by atoms with van der Waals surface area (Å²) in [7, 11) is 1.14. The molecule has 1 aromatic rings. The first-order valence-corrected chi connectivity index (χ1v) is 9.57. The molecule has 0 saturated carbocycles. The van der Waals surface area contributed by atoms with Gasteiger partial charge in [-0.05, 0) is 19.4 Å². The maximum atomic E-state index is 15.0. The van der Waals surface area contributed by atoms with E-state index in [0.717, 1.165) is 13.2 Å². The van der Waals surface area contributed by atoms with Crippen LogP contribution < -0.4 is 15.0 Å². The summed E-state index contributed by atoms with van der Waals surface area (Å²) in [5, 5.41) is 11.5. The van der Waals surface area contributed by atoms with Crippen molar-refractivity contribution in [3.05, 3.63) is 23.3 Å².